The molecule has 0 radical (unpaired) electrons. The lowest BCUT2D eigenvalue weighted by atomic mass is 9.82. The summed E-state index contributed by atoms with van der Waals surface area (Å²) in [7, 11) is 0. The first-order valence-corrected chi connectivity index (χ1v) is 8.23. The van der Waals surface area contributed by atoms with Gasteiger partial charge in [0.2, 0.25) is 0 Å². The topological polar surface area (TPSA) is 15.3 Å². The van der Waals surface area contributed by atoms with Crippen LogP contribution in [0, 0.1) is 11.8 Å². The highest BCUT2D eigenvalue weighted by molar-refractivity contribution is 5.33. The van der Waals surface area contributed by atoms with Gasteiger partial charge in [-0.3, -0.25) is 4.90 Å². The largest absolute Gasteiger partial charge is 0.316 e. The molecule has 4 rings (SSSR count). The van der Waals surface area contributed by atoms with E-state index in [1.54, 1.807) is 11.1 Å². The summed E-state index contributed by atoms with van der Waals surface area (Å²) in [6.45, 7) is 8.66. The van der Waals surface area contributed by atoms with Gasteiger partial charge in [0.1, 0.15) is 0 Å². The van der Waals surface area contributed by atoms with Crippen molar-refractivity contribution < 1.29 is 0 Å². The number of benzene rings is 1. The van der Waals surface area contributed by atoms with Crippen molar-refractivity contribution in [3.05, 3.63) is 35.4 Å². The van der Waals surface area contributed by atoms with Crippen LogP contribution < -0.4 is 5.32 Å². The van der Waals surface area contributed by atoms with Crippen LogP contribution in [0.3, 0.4) is 0 Å². The highest BCUT2D eigenvalue weighted by Crippen LogP contribution is 2.47. The quantitative estimate of drug-likeness (QED) is 0.844. The Morgan fingerprint density at radius 1 is 1.20 bits per heavy atom. The Balaban J connectivity index is 1.69. The second kappa shape index (κ2) is 4.57. The number of nitrogens with zero attached hydrogens (tertiary/aromatic N) is 1. The smallest absolute Gasteiger partial charge is 0.0356 e. The van der Waals surface area contributed by atoms with Gasteiger partial charge >= 0.3 is 0 Å². The normalized spacial score (nSPS) is 35.8. The predicted molar refractivity (Wildman–Crippen MR) is 82.8 cm³/mol. The number of aryl methyl sites for hydroxylation is 1. The Bertz CT molecular complexity index is 508. The maximum Gasteiger partial charge on any atom is 0.0356 e. The zero-order chi connectivity index (χ0) is 13.7. The van der Waals surface area contributed by atoms with Gasteiger partial charge in [-0.1, -0.05) is 24.3 Å². The first-order valence-electron chi connectivity index (χ1n) is 8.23. The number of nitrogens with one attached hydrogen (secondary N) is 1. The number of likely N-dealkylation sites (tertiary alicyclic amines) is 1. The van der Waals surface area contributed by atoms with Gasteiger partial charge in [0.25, 0.3) is 0 Å². The van der Waals surface area contributed by atoms with Gasteiger partial charge in [-0.15, -0.1) is 0 Å². The zero-order valence-corrected chi connectivity index (χ0v) is 12.7. The molecule has 2 aliphatic heterocycles. The van der Waals surface area contributed by atoms with Crippen LogP contribution in [0.1, 0.15) is 43.9 Å². The van der Waals surface area contributed by atoms with Gasteiger partial charge in [-0.25, -0.2) is 0 Å². The molecule has 0 saturated carbocycles. The molecule has 0 spiro atoms. The third kappa shape index (κ3) is 1.78. The van der Waals surface area contributed by atoms with Crippen LogP contribution in [0.4, 0.5) is 0 Å². The number of hydrogen-bond donors (Lipinski definition) is 1. The number of fused-ring (bicyclic) bond motifs is 2. The average Bonchev–Trinajstić information content (AvgIpc) is 3.01. The van der Waals surface area contributed by atoms with E-state index in [1.807, 2.05) is 0 Å². The van der Waals surface area contributed by atoms with Gasteiger partial charge in [0.05, 0.1) is 0 Å². The van der Waals surface area contributed by atoms with E-state index in [1.165, 1.54) is 38.9 Å². The minimum Gasteiger partial charge on any atom is -0.316 e. The molecule has 0 bridgehead atoms. The fourth-order valence-electron chi connectivity index (χ4n) is 5.03. The SMILES string of the molecule is CC1(C)C2CNCC2CN1C1CCCc2ccccc21. The monoisotopic (exact) mass is 270 g/mol. The van der Waals surface area contributed by atoms with Crippen molar-refractivity contribution in [2.75, 3.05) is 19.6 Å². The van der Waals surface area contributed by atoms with Crippen LogP contribution in [0.2, 0.25) is 0 Å². The van der Waals surface area contributed by atoms with Crippen molar-refractivity contribution in [1.82, 2.24) is 10.2 Å². The van der Waals surface area contributed by atoms with Gasteiger partial charge in [0.15, 0.2) is 0 Å². The maximum absolute atomic E-state index is 3.60. The summed E-state index contributed by atoms with van der Waals surface area (Å²) in [6.07, 6.45) is 3.96. The van der Waals surface area contributed by atoms with E-state index in [-0.39, 0.29) is 0 Å². The van der Waals surface area contributed by atoms with Crippen LogP contribution in [0.25, 0.3) is 0 Å². The molecule has 2 heterocycles. The van der Waals surface area contributed by atoms with Crippen LogP contribution >= 0.6 is 0 Å². The standard InChI is InChI=1S/C18H26N2/c1-18(2)16-11-19-10-14(16)12-20(18)17-9-5-7-13-6-3-4-8-15(13)17/h3-4,6,8,14,16-17,19H,5,7,9-12H2,1-2H3. The molecule has 2 nitrogen and oxygen atoms in total. The van der Waals surface area contributed by atoms with E-state index in [0.717, 1.165) is 11.8 Å². The van der Waals surface area contributed by atoms with Crippen molar-refractivity contribution in [2.24, 2.45) is 11.8 Å². The van der Waals surface area contributed by atoms with Crippen molar-refractivity contribution in [2.45, 2.75) is 44.7 Å². The van der Waals surface area contributed by atoms with E-state index in [2.05, 4.69) is 48.3 Å². The molecule has 1 aromatic carbocycles. The molecule has 108 valence electrons. The first-order chi connectivity index (χ1) is 9.68. The Hall–Kier alpha value is -0.860. The van der Waals surface area contributed by atoms with E-state index in [0.29, 0.717) is 11.6 Å². The summed E-state index contributed by atoms with van der Waals surface area (Å²) in [4.78, 5) is 2.83. The van der Waals surface area contributed by atoms with Crippen LogP contribution in [-0.2, 0) is 6.42 Å². The van der Waals surface area contributed by atoms with E-state index in [4.69, 9.17) is 0 Å². The molecule has 2 fully saturated rings. The van der Waals surface area contributed by atoms with E-state index >= 15 is 0 Å². The minimum atomic E-state index is 0.337. The van der Waals surface area contributed by atoms with Crippen molar-refractivity contribution in [3.63, 3.8) is 0 Å². The Morgan fingerprint density at radius 2 is 2.05 bits per heavy atom. The lowest BCUT2D eigenvalue weighted by Crippen LogP contribution is -2.46. The van der Waals surface area contributed by atoms with Crippen molar-refractivity contribution in [1.29, 1.82) is 0 Å². The lowest BCUT2D eigenvalue weighted by molar-refractivity contribution is 0.0788. The van der Waals surface area contributed by atoms with Gasteiger partial charge < -0.3 is 5.32 Å². The number of rotatable bonds is 1. The molecule has 2 saturated heterocycles. The van der Waals surface area contributed by atoms with Crippen LogP contribution in [0.5, 0.6) is 0 Å². The van der Waals surface area contributed by atoms with E-state index < -0.39 is 0 Å². The second-order valence-electron chi connectivity index (χ2n) is 7.44. The van der Waals surface area contributed by atoms with E-state index in [9.17, 15) is 0 Å². The van der Waals surface area contributed by atoms with Gasteiger partial charge in [0, 0.05) is 24.7 Å². The molecule has 20 heavy (non-hydrogen) atoms. The molecular weight excluding hydrogens is 244 g/mol. The highest BCUT2D eigenvalue weighted by Gasteiger charge is 2.51. The van der Waals surface area contributed by atoms with Crippen LogP contribution in [0.15, 0.2) is 24.3 Å². The molecule has 1 aromatic rings. The molecule has 3 aliphatic rings. The Labute approximate surface area is 122 Å². The second-order valence-corrected chi connectivity index (χ2v) is 7.44. The first kappa shape index (κ1) is 12.8. The summed E-state index contributed by atoms with van der Waals surface area (Å²) < 4.78 is 0. The molecule has 0 amide bonds. The molecule has 3 unspecified atom stereocenters. The average molecular weight is 270 g/mol. The summed E-state index contributed by atoms with van der Waals surface area (Å²) in [5.41, 5.74) is 3.54. The maximum atomic E-state index is 3.60. The molecule has 1 N–H and O–H groups in total. The van der Waals surface area contributed by atoms with Crippen molar-refractivity contribution >= 4 is 0 Å². The third-order valence-corrected chi connectivity index (χ3v) is 6.13. The molecule has 2 heteroatoms. The Morgan fingerprint density at radius 3 is 2.90 bits per heavy atom. The van der Waals surface area contributed by atoms with Crippen LogP contribution in [-0.4, -0.2) is 30.1 Å². The molecule has 0 aromatic heterocycles. The van der Waals surface area contributed by atoms with Gasteiger partial charge in [-0.05, 0) is 62.6 Å². The lowest BCUT2D eigenvalue weighted by Gasteiger charge is -2.43. The number of hydrogen-bond acceptors (Lipinski definition) is 2. The molecule has 1 aliphatic carbocycles. The fourth-order valence-corrected chi connectivity index (χ4v) is 5.03. The minimum absolute atomic E-state index is 0.337. The Kier molecular flexibility index (Phi) is 2.94. The molecule has 3 atom stereocenters. The summed E-state index contributed by atoms with van der Waals surface area (Å²) in [5, 5.41) is 3.60. The zero-order valence-electron chi connectivity index (χ0n) is 12.7. The summed E-state index contributed by atoms with van der Waals surface area (Å²) in [6, 6.07) is 9.80. The highest BCUT2D eigenvalue weighted by atomic mass is 15.3. The third-order valence-electron chi connectivity index (χ3n) is 6.13. The molecular formula is C18H26N2. The summed E-state index contributed by atoms with van der Waals surface area (Å²) >= 11 is 0. The summed E-state index contributed by atoms with van der Waals surface area (Å²) in [5.74, 6) is 1.69. The fraction of sp³-hybridized carbons (Fsp3) is 0.667. The van der Waals surface area contributed by atoms with Gasteiger partial charge in [-0.2, -0.15) is 0 Å². The predicted octanol–water partition coefficient (Wildman–Crippen LogP) is 2.99. The van der Waals surface area contributed by atoms with Crippen molar-refractivity contribution in [3.8, 4) is 0 Å².